The Bertz CT molecular complexity index is 522. The first kappa shape index (κ1) is 15.0. The predicted octanol–water partition coefficient (Wildman–Crippen LogP) is 3.36. The first-order valence-electron chi connectivity index (χ1n) is 7.92. The lowest BCUT2D eigenvalue weighted by Gasteiger charge is -2.26. The lowest BCUT2D eigenvalue weighted by molar-refractivity contribution is 0.0733. The van der Waals surface area contributed by atoms with Gasteiger partial charge in [0.1, 0.15) is 0 Å². The number of carbonyl (C=O) groups excluding carboxylic acids is 1. The minimum atomic E-state index is 0.195. The summed E-state index contributed by atoms with van der Waals surface area (Å²) in [4.78, 5) is 15.0. The number of benzene rings is 1. The van der Waals surface area contributed by atoms with Crippen LogP contribution < -0.4 is 5.32 Å². The highest BCUT2D eigenvalue weighted by Crippen LogP contribution is 2.31. The van der Waals surface area contributed by atoms with Crippen molar-refractivity contribution in [1.29, 1.82) is 0 Å². The Balaban J connectivity index is 1.75. The van der Waals surface area contributed by atoms with E-state index >= 15 is 0 Å². The van der Waals surface area contributed by atoms with Gasteiger partial charge in [0.05, 0.1) is 0 Å². The first-order valence-corrected chi connectivity index (χ1v) is 8.71. The van der Waals surface area contributed by atoms with Crippen LogP contribution in [0.25, 0.3) is 0 Å². The predicted molar refractivity (Wildman–Crippen MR) is 88.5 cm³/mol. The highest BCUT2D eigenvalue weighted by molar-refractivity contribution is 9.10. The van der Waals surface area contributed by atoms with Gasteiger partial charge >= 0.3 is 0 Å². The molecule has 2 aliphatic rings. The summed E-state index contributed by atoms with van der Waals surface area (Å²) in [6.07, 6.45) is 4.98. The normalized spacial score (nSPS) is 21.5. The fourth-order valence-corrected chi connectivity index (χ4v) is 3.54. The highest BCUT2D eigenvalue weighted by Gasteiger charge is 2.29. The van der Waals surface area contributed by atoms with Crippen LogP contribution in [0.4, 0.5) is 0 Å². The van der Waals surface area contributed by atoms with E-state index in [1.165, 1.54) is 25.7 Å². The van der Waals surface area contributed by atoms with Crippen LogP contribution in [-0.2, 0) is 0 Å². The lowest BCUT2D eigenvalue weighted by atomic mass is 10.1. The standard InChI is InChI=1S/C17H23BrN2O/c1-12-9-14(18)6-7-16(12)17(21)20(10-13-4-5-13)11-15-3-2-8-19-15/h6-7,9,13,15,19H,2-5,8,10-11H2,1H3. The van der Waals surface area contributed by atoms with Crippen LogP contribution in [-0.4, -0.2) is 36.5 Å². The van der Waals surface area contributed by atoms with Crippen LogP contribution in [0, 0.1) is 12.8 Å². The van der Waals surface area contributed by atoms with E-state index in [1.54, 1.807) is 0 Å². The Hall–Kier alpha value is -0.870. The molecule has 0 aromatic heterocycles. The van der Waals surface area contributed by atoms with Gasteiger partial charge in [-0.3, -0.25) is 4.79 Å². The van der Waals surface area contributed by atoms with E-state index in [1.807, 2.05) is 25.1 Å². The molecule has 1 aliphatic carbocycles. The van der Waals surface area contributed by atoms with Gasteiger partial charge in [-0.15, -0.1) is 0 Å². The van der Waals surface area contributed by atoms with E-state index in [9.17, 15) is 4.79 Å². The maximum absolute atomic E-state index is 12.9. The summed E-state index contributed by atoms with van der Waals surface area (Å²) in [6.45, 7) is 4.88. The molecule has 1 aromatic carbocycles. The molecule has 2 fully saturated rings. The summed E-state index contributed by atoms with van der Waals surface area (Å²) in [5.41, 5.74) is 1.89. The average molecular weight is 351 g/mol. The fourth-order valence-electron chi connectivity index (χ4n) is 3.07. The van der Waals surface area contributed by atoms with Gasteiger partial charge in [0.2, 0.25) is 0 Å². The second kappa shape index (κ2) is 6.49. The summed E-state index contributed by atoms with van der Waals surface area (Å²) in [5.74, 6) is 0.923. The Morgan fingerprint density at radius 3 is 2.76 bits per heavy atom. The molecular formula is C17H23BrN2O. The van der Waals surface area contributed by atoms with Crippen molar-refractivity contribution in [1.82, 2.24) is 10.2 Å². The molecule has 1 aliphatic heterocycles. The van der Waals surface area contributed by atoms with Gasteiger partial charge in [0, 0.05) is 29.2 Å². The minimum Gasteiger partial charge on any atom is -0.337 e. The summed E-state index contributed by atoms with van der Waals surface area (Å²) < 4.78 is 1.03. The summed E-state index contributed by atoms with van der Waals surface area (Å²) >= 11 is 3.47. The molecule has 1 amide bonds. The molecule has 3 rings (SSSR count). The molecule has 114 valence electrons. The fraction of sp³-hybridized carbons (Fsp3) is 0.588. The minimum absolute atomic E-state index is 0.195. The number of nitrogens with zero attached hydrogens (tertiary/aromatic N) is 1. The third kappa shape index (κ3) is 3.86. The zero-order valence-electron chi connectivity index (χ0n) is 12.6. The SMILES string of the molecule is Cc1cc(Br)ccc1C(=O)N(CC1CC1)CC1CCCN1. The van der Waals surface area contributed by atoms with Crippen molar-refractivity contribution in [3.8, 4) is 0 Å². The average Bonchev–Trinajstić information content (AvgIpc) is 3.11. The van der Waals surface area contributed by atoms with Crippen molar-refractivity contribution >= 4 is 21.8 Å². The summed E-state index contributed by atoms with van der Waals surface area (Å²) in [5, 5.41) is 3.51. The third-order valence-electron chi connectivity index (χ3n) is 4.48. The van der Waals surface area contributed by atoms with E-state index < -0.39 is 0 Å². The van der Waals surface area contributed by atoms with Gasteiger partial charge in [0.25, 0.3) is 5.91 Å². The lowest BCUT2D eigenvalue weighted by Crippen LogP contribution is -2.42. The van der Waals surface area contributed by atoms with Gasteiger partial charge in [-0.2, -0.15) is 0 Å². The van der Waals surface area contributed by atoms with E-state index in [0.717, 1.165) is 41.2 Å². The molecule has 0 radical (unpaired) electrons. The second-order valence-corrected chi connectivity index (χ2v) is 7.32. The maximum Gasteiger partial charge on any atom is 0.254 e. The number of amides is 1. The largest absolute Gasteiger partial charge is 0.337 e. The first-order chi connectivity index (χ1) is 10.1. The van der Waals surface area contributed by atoms with Crippen LogP contribution in [0.3, 0.4) is 0 Å². The Kier molecular flexibility index (Phi) is 4.65. The summed E-state index contributed by atoms with van der Waals surface area (Å²) in [6, 6.07) is 6.41. The number of halogens is 1. The number of nitrogens with one attached hydrogen (secondary N) is 1. The monoisotopic (exact) mass is 350 g/mol. The van der Waals surface area contributed by atoms with E-state index in [-0.39, 0.29) is 5.91 Å². The van der Waals surface area contributed by atoms with E-state index in [0.29, 0.717) is 6.04 Å². The van der Waals surface area contributed by atoms with Crippen LogP contribution in [0.1, 0.15) is 41.6 Å². The molecule has 1 saturated heterocycles. The third-order valence-corrected chi connectivity index (χ3v) is 4.98. The smallest absolute Gasteiger partial charge is 0.254 e. The Morgan fingerprint density at radius 2 is 2.14 bits per heavy atom. The zero-order chi connectivity index (χ0) is 14.8. The number of hydrogen-bond acceptors (Lipinski definition) is 2. The quantitative estimate of drug-likeness (QED) is 0.882. The van der Waals surface area contributed by atoms with Crippen molar-refractivity contribution in [3.05, 3.63) is 33.8 Å². The van der Waals surface area contributed by atoms with Gasteiger partial charge < -0.3 is 10.2 Å². The van der Waals surface area contributed by atoms with Gasteiger partial charge in [0.15, 0.2) is 0 Å². The maximum atomic E-state index is 12.9. The van der Waals surface area contributed by atoms with E-state index in [4.69, 9.17) is 0 Å². The van der Waals surface area contributed by atoms with Crippen molar-refractivity contribution in [2.24, 2.45) is 5.92 Å². The number of hydrogen-bond donors (Lipinski definition) is 1. The molecule has 1 N–H and O–H groups in total. The van der Waals surface area contributed by atoms with Crippen LogP contribution >= 0.6 is 15.9 Å². The number of aryl methyl sites for hydroxylation is 1. The van der Waals surface area contributed by atoms with E-state index in [2.05, 4.69) is 26.1 Å². The highest BCUT2D eigenvalue weighted by atomic mass is 79.9. The molecule has 1 aromatic rings. The molecule has 4 heteroatoms. The summed E-state index contributed by atoms with van der Waals surface area (Å²) in [7, 11) is 0. The molecule has 1 heterocycles. The molecule has 1 saturated carbocycles. The van der Waals surface area contributed by atoms with Crippen LogP contribution in [0.5, 0.6) is 0 Å². The van der Waals surface area contributed by atoms with Crippen molar-refractivity contribution in [2.45, 2.75) is 38.6 Å². The molecule has 0 bridgehead atoms. The molecular weight excluding hydrogens is 328 g/mol. The van der Waals surface area contributed by atoms with Crippen LogP contribution in [0.2, 0.25) is 0 Å². The van der Waals surface area contributed by atoms with Crippen molar-refractivity contribution < 1.29 is 4.79 Å². The Labute approximate surface area is 135 Å². The zero-order valence-corrected chi connectivity index (χ0v) is 14.2. The number of rotatable bonds is 5. The van der Waals surface area contributed by atoms with Crippen molar-refractivity contribution in [2.75, 3.05) is 19.6 Å². The topological polar surface area (TPSA) is 32.3 Å². The molecule has 0 spiro atoms. The van der Waals surface area contributed by atoms with Crippen molar-refractivity contribution in [3.63, 3.8) is 0 Å². The van der Waals surface area contributed by atoms with Crippen LogP contribution in [0.15, 0.2) is 22.7 Å². The van der Waals surface area contributed by atoms with Gasteiger partial charge in [-0.1, -0.05) is 15.9 Å². The van der Waals surface area contributed by atoms with Gasteiger partial charge in [-0.25, -0.2) is 0 Å². The molecule has 1 unspecified atom stereocenters. The number of carbonyl (C=O) groups is 1. The second-order valence-electron chi connectivity index (χ2n) is 6.41. The molecule has 1 atom stereocenters. The Morgan fingerprint density at radius 1 is 1.33 bits per heavy atom. The van der Waals surface area contributed by atoms with Gasteiger partial charge in [-0.05, 0) is 68.8 Å². The molecule has 21 heavy (non-hydrogen) atoms. The molecule has 3 nitrogen and oxygen atoms in total.